The van der Waals surface area contributed by atoms with Crippen molar-refractivity contribution in [3.63, 3.8) is 0 Å². The molecule has 142 valence electrons. The van der Waals surface area contributed by atoms with Crippen LogP contribution in [0.3, 0.4) is 0 Å². The minimum atomic E-state index is -0.751. The van der Waals surface area contributed by atoms with Crippen LogP contribution in [0.15, 0.2) is 12.3 Å². The number of likely N-dealkylation sites (N-methyl/N-ethyl adjacent to an activating group) is 1. The second-order valence-electron chi connectivity index (χ2n) is 7.17. The van der Waals surface area contributed by atoms with E-state index in [1.165, 1.54) is 4.90 Å². The van der Waals surface area contributed by atoms with Gasteiger partial charge in [-0.25, -0.2) is 9.48 Å². The molecule has 2 aliphatic rings. The van der Waals surface area contributed by atoms with Gasteiger partial charge >= 0.3 is 6.03 Å². The van der Waals surface area contributed by atoms with E-state index >= 15 is 0 Å². The molecule has 0 bridgehead atoms. The molecule has 0 aromatic carbocycles. The first-order chi connectivity index (χ1) is 12.5. The number of aryl methyl sites for hydroxylation is 1. The predicted molar refractivity (Wildman–Crippen MR) is 96.5 cm³/mol. The van der Waals surface area contributed by atoms with E-state index in [0.717, 1.165) is 37.0 Å². The molecule has 1 spiro atoms. The molecule has 8 nitrogen and oxygen atoms in total. The van der Waals surface area contributed by atoms with Gasteiger partial charge in [-0.05, 0) is 19.3 Å². The highest BCUT2D eigenvalue weighted by Gasteiger charge is 2.55. The number of aromatic nitrogens is 2. The van der Waals surface area contributed by atoms with E-state index in [1.807, 2.05) is 0 Å². The maximum atomic E-state index is 12.9. The number of nitrogens with one attached hydrogen (secondary N) is 1. The second kappa shape index (κ2) is 7.47. The van der Waals surface area contributed by atoms with Crippen LogP contribution in [0.5, 0.6) is 0 Å². The van der Waals surface area contributed by atoms with Crippen molar-refractivity contribution in [3.05, 3.63) is 12.3 Å². The molecule has 2 fully saturated rings. The van der Waals surface area contributed by atoms with Crippen LogP contribution in [-0.2, 0) is 16.1 Å². The van der Waals surface area contributed by atoms with Crippen molar-refractivity contribution in [1.82, 2.24) is 19.6 Å². The van der Waals surface area contributed by atoms with Gasteiger partial charge in [0.25, 0.3) is 5.91 Å². The molecular formula is C18H27N5O3. The molecule has 1 aromatic heterocycles. The van der Waals surface area contributed by atoms with Gasteiger partial charge < -0.3 is 10.2 Å². The fourth-order valence-electron chi connectivity index (χ4n) is 3.92. The van der Waals surface area contributed by atoms with E-state index in [9.17, 15) is 14.4 Å². The Kier molecular flexibility index (Phi) is 5.29. The molecule has 1 saturated heterocycles. The molecule has 8 heteroatoms. The number of imide groups is 1. The van der Waals surface area contributed by atoms with Crippen molar-refractivity contribution >= 4 is 23.7 Å². The first kappa shape index (κ1) is 18.4. The molecule has 0 unspecified atom stereocenters. The van der Waals surface area contributed by atoms with Crippen LogP contribution in [0.1, 0.15) is 51.9 Å². The second-order valence-corrected chi connectivity index (χ2v) is 7.17. The Balaban J connectivity index is 1.67. The normalized spacial score (nSPS) is 19.5. The number of hydrogen-bond acceptors (Lipinski definition) is 4. The number of rotatable bonds is 6. The highest BCUT2D eigenvalue weighted by atomic mass is 16.2. The highest BCUT2D eigenvalue weighted by molar-refractivity contribution is 6.10. The third-order valence-electron chi connectivity index (χ3n) is 5.49. The number of hydrogen-bond donors (Lipinski definition) is 1. The molecule has 0 atom stereocenters. The minimum Gasteiger partial charge on any atom is -0.313 e. The maximum absolute atomic E-state index is 12.9. The lowest BCUT2D eigenvalue weighted by Gasteiger charge is -2.35. The summed E-state index contributed by atoms with van der Waals surface area (Å²) in [6.07, 6.45) is 7.91. The van der Waals surface area contributed by atoms with Crippen molar-refractivity contribution in [1.29, 1.82) is 0 Å². The zero-order valence-corrected chi connectivity index (χ0v) is 15.5. The molecule has 1 aromatic rings. The number of anilines is 1. The SMILES string of the molecule is CCCCn1nccc1NC(=O)CN1C(=O)N(C)C2(CCCCC2)C1=O. The van der Waals surface area contributed by atoms with Crippen LogP contribution in [0.2, 0.25) is 0 Å². The highest BCUT2D eigenvalue weighted by Crippen LogP contribution is 2.39. The van der Waals surface area contributed by atoms with E-state index in [2.05, 4.69) is 17.3 Å². The lowest BCUT2D eigenvalue weighted by atomic mass is 9.81. The first-order valence-electron chi connectivity index (χ1n) is 9.41. The quantitative estimate of drug-likeness (QED) is 0.787. The van der Waals surface area contributed by atoms with Crippen LogP contribution in [0.25, 0.3) is 0 Å². The molecule has 1 aliphatic heterocycles. The molecule has 1 saturated carbocycles. The van der Waals surface area contributed by atoms with Crippen molar-refractivity contribution in [3.8, 4) is 0 Å². The number of carbonyl (C=O) groups is 3. The Hall–Kier alpha value is -2.38. The number of carbonyl (C=O) groups excluding carboxylic acids is 3. The van der Waals surface area contributed by atoms with Crippen LogP contribution in [0, 0.1) is 0 Å². The lowest BCUT2D eigenvalue weighted by Crippen LogP contribution is -2.49. The molecule has 1 aliphatic carbocycles. The Morgan fingerprint density at radius 3 is 2.69 bits per heavy atom. The van der Waals surface area contributed by atoms with Gasteiger partial charge in [-0.1, -0.05) is 32.6 Å². The number of urea groups is 1. The average Bonchev–Trinajstić information content (AvgIpc) is 3.15. The Bertz CT molecular complexity index is 693. The van der Waals surface area contributed by atoms with E-state index in [1.54, 1.807) is 24.0 Å². The van der Waals surface area contributed by atoms with E-state index in [0.29, 0.717) is 25.2 Å². The van der Waals surface area contributed by atoms with Gasteiger partial charge in [0.15, 0.2) is 0 Å². The van der Waals surface area contributed by atoms with Crippen molar-refractivity contribution in [2.45, 2.75) is 64.0 Å². The largest absolute Gasteiger partial charge is 0.327 e. The summed E-state index contributed by atoms with van der Waals surface area (Å²) in [6.45, 7) is 2.54. The van der Waals surface area contributed by atoms with Crippen molar-refractivity contribution < 1.29 is 14.4 Å². The smallest absolute Gasteiger partial charge is 0.313 e. The number of unbranched alkanes of at least 4 members (excludes halogenated alkanes) is 1. The Morgan fingerprint density at radius 1 is 1.27 bits per heavy atom. The summed E-state index contributed by atoms with van der Waals surface area (Å²) < 4.78 is 1.73. The summed E-state index contributed by atoms with van der Waals surface area (Å²) in [5.74, 6) is -0.0335. The average molecular weight is 361 g/mol. The summed E-state index contributed by atoms with van der Waals surface area (Å²) in [5, 5.41) is 6.97. The van der Waals surface area contributed by atoms with Gasteiger partial charge in [0, 0.05) is 19.7 Å². The van der Waals surface area contributed by atoms with Crippen LogP contribution in [0.4, 0.5) is 10.6 Å². The molecular weight excluding hydrogens is 334 g/mol. The van der Waals surface area contributed by atoms with Crippen molar-refractivity contribution in [2.75, 3.05) is 18.9 Å². The maximum Gasteiger partial charge on any atom is 0.327 e. The molecule has 3 rings (SSSR count). The fourth-order valence-corrected chi connectivity index (χ4v) is 3.92. The standard InChI is InChI=1S/C18H27N5O3/c1-3-4-12-23-14(8-11-19-23)20-15(24)13-22-16(25)18(21(2)17(22)26)9-6-5-7-10-18/h8,11H,3-7,9-10,12-13H2,1-2H3,(H,20,24). The summed E-state index contributed by atoms with van der Waals surface area (Å²) in [6, 6.07) is 1.34. The van der Waals surface area contributed by atoms with Crippen molar-refractivity contribution in [2.24, 2.45) is 0 Å². The monoisotopic (exact) mass is 361 g/mol. The third-order valence-corrected chi connectivity index (χ3v) is 5.49. The van der Waals surface area contributed by atoms with Gasteiger partial charge in [0.05, 0.1) is 6.20 Å². The van der Waals surface area contributed by atoms with Gasteiger partial charge in [0.1, 0.15) is 17.9 Å². The fraction of sp³-hybridized carbons (Fsp3) is 0.667. The molecule has 1 N–H and O–H groups in total. The third kappa shape index (κ3) is 3.20. The zero-order valence-electron chi connectivity index (χ0n) is 15.5. The van der Waals surface area contributed by atoms with Crippen LogP contribution in [-0.4, -0.2) is 56.6 Å². The zero-order chi connectivity index (χ0) is 18.7. The Labute approximate surface area is 153 Å². The van der Waals surface area contributed by atoms with E-state index in [4.69, 9.17) is 0 Å². The van der Waals surface area contributed by atoms with E-state index in [-0.39, 0.29) is 24.4 Å². The van der Waals surface area contributed by atoms with Gasteiger partial charge in [0.2, 0.25) is 5.91 Å². The van der Waals surface area contributed by atoms with Crippen LogP contribution < -0.4 is 5.32 Å². The first-order valence-corrected chi connectivity index (χ1v) is 9.41. The predicted octanol–water partition coefficient (Wildman–Crippen LogP) is 2.22. The van der Waals surface area contributed by atoms with Gasteiger partial charge in [-0.3, -0.25) is 14.5 Å². The number of nitrogens with zero attached hydrogens (tertiary/aromatic N) is 4. The lowest BCUT2D eigenvalue weighted by molar-refractivity contribution is -0.136. The Morgan fingerprint density at radius 2 is 2.00 bits per heavy atom. The molecule has 26 heavy (non-hydrogen) atoms. The molecule has 4 amide bonds. The summed E-state index contributed by atoms with van der Waals surface area (Å²) in [5.41, 5.74) is -0.751. The number of amides is 4. The summed E-state index contributed by atoms with van der Waals surface area (Å²) in [7, 11) is 1.67. The topological polar surface area (TPSA) is 87.5 Å². The molecule has 0 radical (unpaired) electrons. The summed E-state index contributed by atoms with van der Waals surface area (Å²) in [4.78, 5) is 40.6. The molecule has 2 heterocycles. The minimum absolute atomic E-state index is 0.237. The summed E-state index contributed by atoms with van der Waals surface area (Å²) >= 11 is 0. The van der Waals surface area contributed by atoms with E-state index < -0.39 is 5.54 Å². The van der Waals surface area contributed by atoms with Gasteiger partial charge in [-0.15, -0.1) is 0 Å². The van der Waals surface area contributed by atoms with Gasteiger partial charge in [-0.2, -0.15) is 5.10 Å². The van der Waals surface area contributed by atoms with Crippen LogP contribution >= 0.6 is 0 Å².